The molecule has 0 spiro atoms. The Morgan fingerprint density at radius 1 is 1.43 bits per heavy atom. The first-order valence-electron chi connectivity index (χ1n) is 6.76. The molecule has 21 heavy (non-hydrogen) atoms. The van der Waals surface area contributed by atoms with Gasteiger partial charge in [-0.2, -0.15) is 8.78 Å². The van der Waals surface area contributed by atoms with Crippen molar-refractivity contribution in [3.63, 3.8) is 0 Å². The number of hydrogen-bond acceptors (Lipinski definition) is 3. The molecule has 116 valence electrons. The van der Waals surface area contributed by atoms with Crippen LogP contribution in [0.5, 0.6) is 5.75 Å². The highest BCUT2D eigenvalue weighted by Crippen LogP contribution is 2.30. The maximum atomic E-state index is 12.1. The van der Waals surface area contributed by atoms with Crippen LogP contribution in [-0.4, -0.2) is 18.6 Å². The normalized spacial score (nSPS) is 22.1. The zero-order chi connectivity index (χ0) is 15.4. The van der Waals surface area contributed by atoms with Gasteiger partial charge in [0, 0.05) is 17.6 Å². The molecule has 1 aliphatic rings. The predicted octanol–water partition coefficient (Wildman–Crippen LogP) is 3.40. The number of carbonyl (C=O) groups is 1. The fourth-order valence-electron chi connectivity index (χ4n) is 2.48. The van der Waals surface area contributed by atoms with E-state index in [-0.39, 0.29) is 28.6 Å². The lowest BCUT2D eigenvalue weighted by molar-refractivity contribution is -0.120. The molecular formula is C14H17ClF2N2O2. The standard InChI is InChI=1S/C14H17ClF2N2O2/c15-11-7-10(4-5-12(11)21-14(16)17)19-13(20)8-2-1-3-9(18)6-8/h4-5,7-9,14H,1-3,6,18H2,(H,19,20). The first kappa shape index (κ1) is 16.0. The van der Waals surface area contributed by atoms with Crippen LogP contribution in [0.2, 0.25) is 5.02 Å². The number of amides is 1. The zero-order valence-electron chi connectivity index (χ0n) is 11.3. The van der Waals surface area contributed by atoms with Gasteiger partial charge in [0.25, 0.3) is 0 Å². The van der Waals surface area contributed by atoms with Crippen molar-refractivity contribution < 1.29 is 18.3 Å². The molecular weight excluding hydrogens is 302 g/mol. The molecule has 1 aliphatic carbocycles. The van der Waals surface area contributed by atoms with E-state index in [0.717, 1.165) is 19.3 Å². The van der Waals surface area contributed by atoms with Crippen molar-refractivity contribution in [2.75, 3.05) is 5.32 Å². The Balaban J connectivity index is 1.99. The minimum absolute atomic E-state index is 0.0217. The lowest BCUT2D eigenvalue weighted by Crippen LogP contribution is -2.34. The Morgan fingerprint density at radius 3 is 2.81 bits per heavy atom. The number of hydrogen-bond donors (Lipinski definition) is 2. The molecule has 2 rings (SSSR count). The van der Waals surface area contributed by atoms with Crippen LogP contribution < -0.4 is 15.8 Å². The summed E-state index contributed by atoms with van der Waals surface area (Å²) in [6.07, 6.45) is 3.34. The van der Waals surface area contributed by atoms with Gasteiger partial charge in [-0.05, 0) is 37.5 Å². The average Bonchev–Trinajstić information content (AvgIpc) is 2.41. The van der Waals surface area contributed by atoms with Crippen LogP contribution in [0.1, 0.15) is 25.7 Å². The summed E-state index contributed by atoms with van der Waals surface area (Å²) in [5.74, 6) is -0.363. The Labute approximate surface area is 126 Å². The van der Waals surface area contributed by atoms with Crippen molar-refractivity contribution in [3.05, 3.63) is 23.2 Å². The molecule has 4 nitrogen and oxygen atoms in total. The van der Waals surface area contributed by atoms with Gasteiger partial charge in [0.15, 0.2) is 0 Å². The average molecular weight is 319 g/mol. The molecule has 3 N–H and O–H groups in total. The second kappa shape index (κ2) is 7.04. The number of carbonyl (C=O) groups excluding carboxylic acids is 1. The number of rotatable bonds is 4. The van der Waals surface area contributed by atoms with Gasteiger partial charge in [-0.15, -0.1) is 0 Å². The van der Waals surface area contributed by atoms with E-state index in [1.807, 2.05) is 0 Å². The molecule has 0 radical (unpaired) electrons. The van der Waals surface area contributed by atoms with Gasteiger partial charge in [-0.3, -0.25) is 4.79 Å². The van der Waals surface area contributed by atoms with E-state index in [4.69, 9.17) is 17.3 Å². The van der Waals surface area contributed by atoms with Gasteiger partial charge in [0.05, 0.1) is 5.02 Å². The smallest absolute Gasteiger partial charge is 0.387 e. The largest absolute Gasteiger partial charge is 0.433 e. The van der Waals surface area contributed by atoms with Crippen molar-refractivity contribution >= 4 is 23.2 Å². The number of benzene rings is 1. The number of ether oxygens (including phenoxy) is 1. The van der Waals surface area contributed by atoms with Crippen molar-refractivity contribution in [3.8, 4) is 5.75 Å². The second-order valence-corrected chi connectivity index (χ2v) is 5.54. The number of nitrogens with one attached hydrogen (secondary N) is 1. The summed E-state index contributed by atoms with van der Waals surface area (Å²) in [6, 6.07) is 4.22. The molecule has 1 fully saturated rings. The van der Waals surface area contributed by atoms with E-state index in [9.17, 15) is 13.6 Å². The summed E-state index contributed by atoms with van der Waals surface area (Å²) < 4.78 is 28.5. The Morgan fingerprint density at radius 2 is 2.19 bits per heavy atom. The second-order valence-electron chi connectivity index (χ2n) is 5.14. The Hall–Kier alpha value is -1.40. The maximum absolute atomic E-state index is 12.1. The number of anilines is 1. The number of halogens is 3. The van der Waals surface area contributed by atoms with Gasteiger partial charge in [-0.25, -0.2) is 0 Å². The molecule has 2 atom stereocenters. The third-order valence-corrected chi connectivity index (χ3v) is 3.80. The topological polar surface area (TPSA) is 64.4 Å². The fourth-order valence-corrected chi connectivity index (χ4v) is 2.71. The first-order chi connectivity index (χ1) is 9.95. The molecule has 1 aromatic carbocycles. The minimum atomic E-state index is -2.94. The molecule has 0 saturated heterocycles. The third kappa shape index (κ3) is 4.54. The molecule has 0 aromatic heterocycles. The number of alkyl halides is 2. The van der Waals surface area contributed by atoms with Crippen LogP contribution >= 0.6 is 11.6 Å². The van der Waals surface area contributed by atoms with Crippen LogP contribution in [0.4, 0.5) is 14.5 Å². The van der Waals surface area contributed by atoms with E-state index in [1.54, 1.807) is 0 Å². The fraction of sp³-hybridized carbons (Fsp3) is 0.500. The molecule has 1 aromatic rings. The van der Waals surface area contributed by atoms with E-state index in [0.29, 0.717) is 12.1 Å². The zero-order valence-corrected chi connectivity index (χ0v) is 12.1. The van der Waals surface area contributed by atoms with Crippen LogP contribution in [0, 0.1) is 5.92 Å². The predicted molar refractivity (Wildman–Crippen MR) is 76.6 cm³/mol. The first-order valence-corrected chi connectivity index (χ1v) is 7.14. The molecule has 1 amide bonds. The highest BCUT2D eigenvalue weighted by Gasteiger charge is 2.25. The van der Waals surface area contributed by atoms with Crippen LogP contribution in [-0.2, 0) is 4.79 Å². The van der Waals surface area contributed by atoms with Crippen molar-refractivity contribution in [1.29, 1.82) is 0 Å². The van der Waals surface area contributed by atoms with Gasteiger partial charge in [-0.1, -0.05) is 18.0 Å². The van der Waals surface area contributed by atoms with E-state index in [1.165, 1.54) is 18.2 Å². The van der Waals surface area contributed by atoms with E-state index >= 15 is 0 Å². The minimum Gasteiger partial charge on any atom is -0.433 e. The maximum Gasteiger partial charge on any atom is 0.387 e. The SMILES string of the molecule is NC1CCCC(C(=O)Nc2ccc(OC(F)F)c(Cl)c2)C1. The molecule has 1 saturated carbocycles. The third-order valence-electron chi connectivity index (χ3n) is 3.50. The highest BCUT2D eigenvalue weighted by atomic mass is 35.5. The molecule has 0 bridgehead atoms. The summed E-state index contributed by atoms with van der Waals surface area (Å²) in [7, 11) is 0. The summed E-state index contributed by atoms with van der Waals surface area (Å²) in [4.78, 5) is 12.1. The number of nitrogens with two attached hydrogens (primary N) is 1. The lowest BCUT2D eigenvalue weighted by Gasteiger charge is -2.25. The van der Waals surface area contributed by atoms with Crippen LogP contribution in [0.25, 0.3) is 0 Å². The van der Waals surface area contributed by atoms with Gasteiger partial charge in [0.2, 0.25) is 5.91 Å². The van der Waals surface area contributed by atoms with Crippen molar-refractivity contribution in [1.82, 2.24) is 0 Å². The van der Waals surface area contributed by atoms with Gasteiger partial charge in [0.1, 0.15) is 5.75 Å². The van der Waals surface area contributed by atoms with Crippen LogP contribution in [0.15, 0.2) is 18.2 Å². The molecule has 2 unspecified atom stereocenters. The monoisotopic (exact) mass is 318 g/mol. The molecule has 0 heterocycles. The van der Waals surface area contributed by atoms with Gasteiger partial charge < -0.3 is 15.8 Å². The van der Waals surface area contributed by atoms with Crippen LogP contribution in [0.3, 0.4) is 0 Å². The molecule has 0 aliphatic heterocycles. The Bertz CT molecular complexity index is 514. The summed E-state index contributed by atoms with van der Waals surface area (Å²) >= 11 is 5.84. The highest BCUT2D eigenvalue weighted by molar-refractivity contribution is 6.32. The summed E-state index contributed by atoms with van der Waals surface area (Å²) in [5.41, 5.74) is 6.31. The lowest BCUT2D eigenvalue weighted by atomic mass is 9.85. The molecule has 7 heteroatoms. The van der Waals surface area contributed by atoms with Crippen molar-refractivity contribution in [2.45, 2.75) is 38.3 Å². The van der Waals surface area contributed by atoms with Gasteiger partial charge >= 0.3 is 6.61 Å². The van der Waals surface area contributed by atoms with E-state index in [2.05, 4.69) is 10.1 Å². The van der Waals surface area contributed by atoms with Crippen molar-refractivity contribution in [2.24, 2.45) is 11.7 Å². The summed E-state index contributed by atoms with van der Waals surface area (Å²) in [6.45, 7) is -2.94. The quantitative estimate of drug-likeness (QED) is 0.894. The van der Waals surface area contributed by atoms with E-state index < -0.39 is 6.61 Å². The summed E-state index contributed by atoms with van der Waals surface area (Å²) in [5, 5.41) is 2.75. The Kier molecular flexibility index (Phi) is 5.36.